The normalized spacial score (nSPS) is 20.9. The number of carbonyl (C=O) groups is 1. The van der Waals surface area contributed by atoms with Gasteiger partial charge in [0.2, 0.25) is 0 Å². The van der Waals surface area contributed by atoms with Crippen molar-refractivity contribution in [3.8, 4) is 5.75 Å². The Labute approximate surface area is 113 Å². The summed E-state index contributed by atoms with van der Waals surface area (Å²) in [6.07, 6.45) is 2.37. The number of amides is 1. The van der Waals surface area contributed by atoms with Crippen molar-refractivity contribution < 1.29 is 9.53 Å². The fourth-order valence-electron chi connectivity index (χ4n) is 2.41. The minimum absolute atomic E-state index is 0.0937. The van der Waals surface area contributed by atoms with Crippen molar-refractivity contribution in [1.29, 1.82) is 0 Å². The molecule has 4 heteroatoms. The minimum atomic E-state index is 0.0937. The molecule has 1 heterocycles. The predicted octanol–water partition coefficient (Wildman–Crippen LogP) is 2.23. The molecule has 96 valence electrons. The van der Waals surface area contributed by atoms with Crippen LogP contribution in [0, 0.1) is 5.41 Å². The van der Waals surface area contributed by atoms with Crippen LogP contribution in [0.4, 0.5) is 0 Å². The van der Waals surface area contributed by atoms with E-state index in [-0.39, 0.29) is 11.3 Å². The third-order valence-electron chi connectivity index (χ3n) is 3.84. The molecule has 0 spiro atoms. The fourth-order valence-corrected chi connectivity index (χ4v) is 2.82. The van der Waals surface area contributed by atoms with E-state index in [0.29, 0.717) is 24.5 Å². The van der Waals surface area contributed by atoms with Crippen molar-refractivity contribution in [3.63, 3.8) is 0 Å². The van der Waals surface area contributed by atoms with Gasteiger partial charge in [0.1, 0.15) is 12.4 Å². The summed E-state index contributed by atoms with van der Waals surface area (Å²) in [5.41, 5.74) is 0.947. The molecule has 1 aliphatic heterocycles. The molecule has 1 aromatic carbocycles. The Bertz CT molecular complexity index is 471. The van der Waals surface area contributed by atoms with Crippen LogP contribution in [0.25, 0.3) is 0 Å². The van der Waals surface area contributed by atoms with Crippen LogP contribution in [0.3, 0.4) is 0 Å². The molecule has 0 unspecified atom stereocenters. The number of ether oxygens (including phenoxy) is 1. The Morgan fingerprint density at radius 3 is 2.83 bits per heavy atom. The van der Waals surface area contributed by atoms with Gasteiger partial charge in [0.05, 0.1) is 12.1 Å². The van der Waals surface area contributed by atoms with Crippen LogP contribution in [0.15, 0.2) is 24.3 Å². The van der Waals surface area contributed by atoms with Crippen LogP contribution in [-0.2, 0) is 0 Å². The largest absolute Gasteiger partial charge is 0.491 e. The van der Waals surface area contributed by atoms with Crippen molar-refractivity contribution in [2.45, 2.75) is 12.8 Å². The van der Waals surface area contributed by atoms with Gasteiger partial charge in [-0.1, -0.05) is 12.1 Å². The smallest absolute Gasteiger partial charge is 0.257 e. The van der Waals surface area contributed by atoms with E-state index in [4.69, 9.17) is 4.74 Å². The summed E-state index contributed by atoms with van der Waals surface area (Å²) in [6, 6.07) is 7.49. The first-order chi connectivity index (χ1) is 8.74. The second-order valence-corrected chi connectivity index (χ2v) is 5.55. The number of hydrogen-bond donors (Lipinski definition) is 1. The molecule has 3 nitrogen and oxygen atoms in total. The maximum absolute atomic E-state index is 12.5. The first-order valence-corrected chi connectivity index (χ1v) is 6.99. The van der Waals surface area contributed by atoms with Crippen LogP contribution in [0.5, 0.6) is 5.75 Å². The number of benzene rings is 1. The maximum atomic E-state index is 12.5. The van der Waals surface area contributed by atoms with Crippen LogP contribution < -0.4 is 4.74 Å². The average molecular weight is 263 g/mol. The zero-order valence-electron chi connectivity index (χ0n) is 10.3. The first kappa shape index (κ1) is 11.9. The molecule has 1 fully saturated rings. The summed E-state index contributed by atoms with van der Waals surface area (Å²) < 4.78 is 5.64. The standard InChI is InChI=1S/C14H17NO2S/c16-13-11-3-1-2-4-12(11)17-8-7-15(13)9-14(10-18)5-6-14/h1-4,18H,5-10H2. The summed E-state index contributed by atoms with van der Waals surface area (Å²) in [6.45, 7) is 2.06. The van der Waals surface area contributed by atoms with Crippen molar-refractivity contribution in [2.75, 3.05) is 25.4 Å². The highest BCUT2D eigenvalue weighted by Gasteiger charge is 2.44. The third kappa shape index (κ3) is 2.09. The van der Waals surface area contributed by atoms with Gasteiger partial charge in [-0.05, 0) is 36.1 Å². The minimum Gasteiger partial charge on any atom is -0.491 e. The molecule has 0 N–H and O–H groups in total. The van der Waals surface area contributed by atoms with Crippen molar-refractivity contribution >= 4 is 18.5 Å². The second kappa shape index (κ2) is 4.50. The van der Waals surface area contributed by atoms with E-state index >= 15 is 0 Å². The molecule has 2 aliphatic rings. The quantitative estimate of drug-likeness (QED) is 0.847. The zero-order valence-corrected chi connectivity index (χ0v) is 11.2. The van der Waals surface area contributed by atoms with Gasteiger partial charge in [-0.25, -0.2) is 0 Å². The molecule has 1 aliphatic carbocycles. The van der Waals surface area contributed by atoms with Gasteiger partial charge in [-0.2, -0.15) is 12.6 Å². The number of carbonyl (C=O) groups excluding carboxylic acids is 1. The highest BCUT2D eigenvalue weighted by molar-refractivity contribution is 7.80. The number of fused-ring (bicyclic) bond motifs is 1. The topological polar surface area (TPSA) is 29.5 Å². The lowest BCUT2D eigenvalue weighted by molar-refractivity contribution is 0.0724. The fraction of sp³-hybridized carbons (Fsp3) is 0.500. The molecule has 0 saturated heterocycles. The molecule has 3 rings (SSSR count). The number of thiol groups is 1. The molecule has 1 aromatic rings. The van der Waals surface area contributed by atoms with Crippen LogP contribution >= 0.6 is 12.6 Å². The second-order valence-electron chi connectivity index (χ2n) is 5.23. The Kier molecular flexibility index (Phi) is 2.98. The highest BCUT2D eigenvalue weighted by Crippen LogP contribution is 2.47. The lowest BCUT2D eigenvalue weighted by Gasteiger charge is -2.24. The van der Waals surface area contributed by atoms with E-state index < -0.39 is 0 Å². The molecule has 18 heavy (non-hydrogen) atoms. The molecular formula is C14H17NO2S. The summed E-state index contributed by atoms with van der Waals surface area (Å²) in [5.74, 6) is 1.66. The molecule has 0 radical (unpaired) electrons. The zero-order chi connectivity index (χ0) is 12.6. The molecular weight excluding hydrogens is 246 g/mol. The van der Waals surface area contributed by atoms with Crippen molar-refractivity contribution in [2.24, 2.45) is 5.41 Å². The maximum Gasteiger partial charge on any atom is 0.257 e. The Morgan fingerprint density at radius 2 is 2.11 bits per heavy atom. The third-order valence-corrected chi connectivity index (χ3v) is 4.51. The first-order valence-electron chi connectivity index (χ1n) is 6.36. The summed E-state index contributed by atoms with van der Waals surface area (Å²) in [4.78, 5) is 14.4. The molecule has 0 aromatic heterocycles. The SMILES string of the molecule is O=C1c2ccccc2OCCN1CC1(CS)CC1. The molecule has 0 bridgehead atoms. The molecule has 0 atom stereocenters. The van der Waals surface area contributed by atoms with Gasteiger partial charge >= 0.3 is 0 Å². The van der Waals surface area contributed by atoms with Gasteiger partial charge in [0, 0.05) is 6.54 Å². The predicted molar refractivity (Wildman–Crippen MR) is 73.4 cm³/mol. The van der Waals surface area contributed by atoms with Crippen LogP contribution in [-0.4, -0.2) is 36.3 Å². The summed E-state index contributed by atoms with van der Waals surface area (Å²) in [7, 11) is 0. The number of hydrogen-bond acceptors (Lipinski definition) is 3. The van der Waals surface area contributed by atoms with E-state index in [2.05, 4.69) is 12.6 Å². The monoisotopic (exact) mass is 263 g/mol. The summed E-state index contributed by atoms with van der Waals surface area (Å²) >= 11 is 4.41. The molecule has 1 amide bonds. The van der Waals surface area contributed by atoms with Gasteiger partial charge in [0.15, 0.2) is 0 Å². The van der Waals surface area contributed by atoms with Gasteiger partial charge < -0.3 is 9.64 Å². The van der Waals surface area contributed by atoms with E-state index in [0.717, 1.165) is 12.3 Å². The number of nitrogens with zero attached hydrogens (tertiary/aromatic N) is 1. The van der Waals surface area contributed by atoms with Gasteiger partial charge in [-0.3, -0.25) is 4.79 Å². The molecule has 1 saturated carbocycles. The highest BCUT2D eigenvalue weighted by atomic mass is 32.1. The number of rotatable bonds is 3. The van der Waals surface area contributed by atoms with E-state index in [1.165, 1.54) is 12.8 Å². The van der Waals surface area contributed by atoms with Crippen LogP contribution in [0.2, 0.25) is 0 Å². The van der Waals surface area contributed by atoms with E-state index in [1.54, 1.807) is 0 Å². The summed E-state index contributed by atoms with van der Waals surface area (Å²) in [5, 5.41) is 0. The lowest BCUT2D eigenvalue weighted by Crippen LogP contribution is -2.37. The lowest BCUT2D eigenvalue weighted by atomic mass is 10.1. The average Bonchev–Trinajstić information content (AvgIpc) is 3.19. The van der Waals surface area contributed by atoms with Gasteiger partial charge in [0.25, 0.3) is 5.91 Å². The van der Waals surface area contributed by atoms with Crippen LogP contribution in [0.1, 0.15) is 23.2 Å². The van der Waals surface area contributed by atoms with E-state index in [9.17, 15) is 4.79 Å². The van der Waals surface area contributed by atoms with Gasteiger partial charge in [-0.15, -0.1) is 0 Å². The van der Waals surface area contributed by atoms with Crippen molar-refractivity contribution in [1.82, 2.24) is 4.90 Å². The Hall–Kier alpha value is -1.16. The van der Waals surface area contributed by atoms with E-state index in [1.807, 2.05) is 29.2 Å². The number of para-hydroxylation sites is 1. The Balaban J connectivity index is 1.83. The Morgan fingerprint density at radius 1 is 1.33 bits per heavy atom. The van der Waals surface area contributed by atoms with Crippen molar-refractivity contribution in [3.05, 3.63) is 29.8 Å².